The minimum atomic E-state index is -0.234. The highest BCUT2D eigenvalue weighted by molar-refractivity contribution is 5.90. The number of benzene rings is 1. The fourth-order valence-corrected chi connectivity index (χ4v) is 3.97. The van der Waals surface area contributed by atoms with Crippen molar-refractivity contribution in [2.75, 3.05) is 0 Å². The molecule has 0 spiro atoms. The van der Waals surface area contributed by atoms with Crippen molar-refractivity contribution in [3.8, 4) is 17.1 Å². The van der Waals surface area contributed by atoms with Crippen LogP contribution < -0.4 is 4.74 Å². The third kappa shape index (κ3) is 7.93. The summed E-state index contributed by atoms with van der Waals surface area (Å²) in [7, 11) is 0. The van der Waals surface area contributed by atoms with Crippen molar-refractivity contribution in [2.24, 2.45) is 0 Å². The van der Waals surface area contributed by atoms with Crippen LogP contribution in [0.2, 0.25) is 0 Å². The van der Waals surface area contributed by atoms with E-state index < -0.39 is 0 Å². The van der Waals surface area contributed by atoms with Gasteiger partial charge in [-0.05, 0) is 61.9 Å². The van der Waals surface area contributed by atoms with Crippen LogP contribution in [0.3, 0.4) is 0 Å². The number of hydrogen-bond donors (Lipinski definition) is 0. The van der Waals surface area contributed by atoms with E-state index >= 15 is 0 Å². The number of aryl methyl sites for hydroxylation is 1. The molecule has 0 unspecified atom stereocenters. The summed E-state index contributed by atoms with van der Waals surface area (Å²) in [5.41, 5.74) is 2.91. The molecule has 0 atom stereocenters. The Labute approximate surface area is 187 Å². The molecule has 1 heterocycles. The summed E-state index contributed by atoms with van der Waals surface area (Å²) in [6.45, 7) is 2.26. The van der Waals surface area contributed by atoms with Crippen LogP contribution >= 0.6 is 0 Å². The Kier molecular flexibility index (Phi) is 9.75. The number of carbonyl (C=O) groups is 1. The topological polar surface area (TPSA) is 52.1 Å². The van der Waals surface area contributed by atoms with Gasteiger partial charge in [0.2, 0.25) is 0 Å². The van der Waals surface area contributed by atoms with Gasteiger partial charge in [-0.25, -0.2) is 14.8 Å². The van der Waals surface area contributed by atoms with Crippen LogP contribution in [0.25, 0.3) is 11.4 Å². The predicted octanol–water partition coefficient (Wildman–Crippen LogP) is 7.23. The van der Waals surface area contributed by atoms with Gasteiger partial charge >= 0.3 is 5.97 Å². The number of hydrogen-bond acceptors (Lipinski definition) is 4. The first kappa shape index (κ1) is 23.2. The number of esters is 1. The van der Waals surface area contributed by atoms with Crippen LogP contribution in [0.4, 0.5) is 0 Å². The maximum absolute atomic E-state index is 12.1. The van der Waals surface area contributed by atoms with Gasteiger partial charge in [-0.3, -0.25) is 0 Å². The van der Waals surface area contributed by atoms with E-state index in [9.17, 15) is 4.79 Å². The summed E-state index contributed by atoms with van der Waals surface area (Å²) < 4.78 is 5.46. The minimum absolute atomic E-state index is 0.234. The van der Waals surface area contributed by atoms with Crippen LogP contribution in [0.15, 0.2) is 48.3 Å². The zero-order chi connectivity index (χ0) is 21.7. The Bertz CT molecular complexity index is 825. The molecule has 0 amide bonds. The Balaban J connectivity index is 1.38. The Morgan fingerprint density at radius 1 is 0.903 bits per heavy atom. The van der Waals surface area contributed by atoms with E-state index in [0.29, 0.717) is 11.6 Å². The molecule has 1 aliphatic carbocycles. The second-order valence-electron chi connectivity index (χ2n) is 8.53. The van der Waals surface area contributed by atoms with Gasteiger partial charge in [-0.15, -0.1) is 0 Å². The molecule has 4 heteroatoms. The van der Waals surface area contributed by atoms with Crippen LogP contribution in [-0.4, -0.2) is 15.9 Å². The summed E-state index contributed by atoms with van der Waals surface area (Å²) in [6, 6.07) is 7.42. The van der Waals surface area contributed by atoms with Crippen molar-refractivity contribution in [3.63, 3.8) is 0 Å². The summed E-state index contributed by atoms with van der Waals surface area (Å²) in [4.78, 5) is 21.2. The van der Waals surface area contributed by atoms with Gasteiger partial charge in [0.25, 0.3) is 0 Å². The third-order valence-electron chi connectivity index (χ3n) is 5.90. The van der Waals surface area contributed by atoms with Crippen molar-refractivity contribution in [1.29, 1.82) is 0 Å². The number of nitrogens with zero attached hydrogens (tertiary/aromatic N) is 2. The van der Waals surface area contributed by atoms with E-state index in [-0.39, 0.29) is 5.97 Å². The zero-order valence-corrected chi connectivity index (χ0v) is 18.9. The van der Waals surface area contributed by atoms with Gasteiger partial charge in [0, 0.05) is 23.5 Å². The Morgan fingerprint density at radius 2 is 1.55 bits per heavy atom. The maximum Gasteiger partial charge on any atom is 0.339 e. The van der Waals surface area contributed by atoms with E-state index in [2.05, 4.69) is 16.9 Å². The summed E-state index contributed by atoms with van der Waals surface area (Å²) in [5.74, 6) is 1.03. The molecule has 0 N–H and O–H groups in total. The van der Waals surface area contributed by atoms with E-state index in [1.807, 2.05) is 42.7 Å². The number of aromatic nitrogens is 2. The smallest absolute Gasteiger partial charge is 0.339 e. The van der Waals surface area contributed by atoms with Gasteiger partial charge in [-0.2, -0.15) is 0 Å². The lowest BCUT2D eigenvalue weighted by atomic mass is 10.1. The van der Waals surface area contributed by atoms with Gasteiger partial charge in [0.15, 0.2) is 5.82 Å². The van der Waals surface area contributed by atoms with Gasteiger partial charge in [-0.1, -0.05) is 64.4 Å². The van der Waals surface area contributed by atoms with Crippen molar-refractivity contribution in [1.82, 2.24) is 9.97 Å². The second-order valence-corrected chi connectivity index (χ2v) is 8.53. The molecule has 1 aromatic heterocycles. The van der Waals surface area contributed by atoms with Crippen LogP contribution in [-0.2, 0) is 11.2 Å². The largest absolute Gasteiger partial charge is 0.423 e. The van der Waals surface area contributed by atoms with E-state index in [0.717, 1.165) is 36.8 Å². The van der Waals surface area contributed by atoms with E-state index in [1.165, 1.54) is 63.4 Å². The molecular formula is C27H36N2O2. The number of unbranched alkanes of at least 4 members (excludes halogenated alkanes) is 8. The molecular weight excluding hydrogens is 384 g/mol. The van der Waals surface area contributed by atoms with E-state index in [1.54, 1.807) is 0 Å². The lowest BCUT2D eigenvalue weighted by Gasteiger charge is -2.06. The van der Waals surface area contributed by atoms with Crippen LogP contribution in [0.1, 0.15) is 89.5 Å². The molecule has 0 radical (unpaired) electrons. The normalized spacial score (nSPS) is 13.3. The fraction of sp³-hybridized carbons (Fsp3) is 0.519. The lowest BCUT2D eigenvalue weighted by Crippen LogP contribution is -2.09. The number of allylic oxidation sites excluding steroid dienone is 1. The minimum Gasteiger partial charge on any atom is -0.423 e. The molecule has 1 aliphatic rings. The second kappa shape index (κ2) is 13.0. The average molecular weight is 421 g/mol. The van der Waals surface area contributed by atoms with Gasteiger partial charge < -0.3 is 4.74 Å². The highest BCUT2D eigenvalue weighted by Crippen LogP contribution is 2.23. The number of ether oxygens (including phenoxy) is 1. The molecule has 0 saturated carbocycles. The average Bonchev–Trinajstić information content (AvgIpc) is 3.34. The summed E-state index contributed by atoms with van der Waals surface area (Å²) in [6.07, 6.45) is 21.8. The Hall–Kier alpha value is -2.49. The molecule has 166 valence electrons. The first-order valence-electron chi connectivity index (χ1n) is 12.1. The van der Waals surface area contributed by atoms with Crippen molar-refractivity contribution in [3.05, 3.63) is 53.9 Å². The number of carbonyl (C=O) groups excluding carboxylic acids is 1. The van der Waals surface area contributed by atoms with E-state index in [4.69, 9.17) is 4.74 Å². The first-order chi connectivity index (χ1) is 15.3. The monoisotopic (exact) mass is 420 g/mol. The molecule has 1 aromatic carbocycles. The van der Waals surface area contributed by atoms with Crippen LogP contribution in [0.5, 0.6) is 5.75 Å². The molecule has 3 rings (SSSR count). The highest BCUT2D eigenvalue weighted by Gasteiger charge is 2.15. The molecule has 31 heavy (non-hydrogen) atoms. The molecule has 0 bridgehead atoms. The lowest BCUT2D eigenvalue weighted by molar-refractivity contribution is -0.130. The Morgan fingerprint density at radius 3 is 2.16 bits per heavy atom. The SMILES string of the molecule is CCCCCCCCCCCc1cnc(-c2ccc(OC(=O)C3=CCCC3)cc2)nc1. The molecule has 2 aromatic rings. The van der Waals surface area contributed by atoms with Crippen molar-refractivity contribution in [2.45, 2.75) is 90.4 Å². The third-order valence-corrected chi connectivity index (χ3v) is 5.90. The van der Waals surface area contributed by atoms with Crippen molar-refractivity contribution >= 4 is 5.97 Å². The zero-order valence-electron chi connectivity index (χ0n) is 18.9. The molecule has 0 aliphatic heterocycles. The number of rotatable bonds is 13. The molecule has 0 saturated heterocycles. The quantitative estimate of drug-likeness (QED) is 0.195. The van der Waals surface area contributed by atoms with Crippen LogP contribution in [0, 0.1) is 0 Å². The molecule has 4 nitrogen and oxygen atoms in total. The standard InChI is InChI=1S/C27H36N2O2/c1-2-3-4-5-6-7-8-9-10-13-22-20-28-26(29-21-22)23-16-18-25(19-17-23)31-27(30)24-14-11-12-15-24/h14,16-21H,2-13,15H2,1H3. The summed E-state index contributed by atoms with van der Waals surface area (Å²) in [5, 5.41) is 0. The van der Waals surface area contributed by atoms with Gasteiger partial charge in [0.05, 0.1) is 0 Å². The predicted molar refractivity (Wildman–Crippen MR) is 126 cm³/mol. The highest BCUT2D eigenvalue weighted by atomic mass is 16.5. The fourth-order valence-electron chi connectivity index (χ4n) is 3.97. The first-order valence-corrected chi connectivity index (χ1v) is 12.1. The molecule has 0 fully saturated rings. The van der Waals surface area contributed by atoms with Crippen molar-refractivity contribution < 1.29 is 9.53 Å². The maximum atomic E-state index is 12.1. The summed E-state index contributed by atoms with van der Waals surface area (Å²) >= 11 is 0. The van der Waals surface area contributed by atoms with Gasteiger partial charge in [0.1, 0.15) is 5.75 Å².